The van der Waals surface area contributed by atoms with Gasteiger partial charge in [-0.3, -0.25) is 0 Å². The minimum atomic E-state index is -0.240. The number of anilines is 1. The van der Waals surface area contributed by atoms with E-state index in [0.717, 1.165) is 17.4 Å². The monoisotopic (exact) mass is 283 g/mol. The summed E-state index contributed by atoms with van der Waals surface area (Å²) in [5.74, 6) is 0. The molecule has 1 heterocycles. The SMILES string of the molecule is Cc1cc(Br)ccc1N1CCC(O)C1(C)C. The van der Waals surface area contributed by atoms with Crippen molar-refractivity contribution in [2.45, 2.75) is 38.8 Å². The zero-order valence-electron chi connectivity index (χ0n) is 10.00. The third-order valence-electron chi connectivity index (χ3n) is 3.59. The standard InChI is InChI=1S/C13H18BrNO/c1-9-8-10(14)4-5-11(9)15-7-6-12(16)13(15,2)3/h4-5,8,12,16H,6-7H2,1-3H3. The molecule has 16 heavy (non-hydrogen) atoms. The number of nitrogens with zero attached hydrogens (tertiary/aromatic N) is 1. The highest BCUT2D eigenvalue weighted by atomic mass is 79.9. The molecule has 0 amide bonds. The Bertz CT molecular complexity index is 403. The van der Waals surface area contributed by atoms with E-state index in [2.05, 4.69) is 59.8 Å². The van der Waals surface area contributed by atoms with E-state index in [0.29, 0.717) is 0 Å². The van der Waals surface area contributed by atoms with Crippen molar-refractivity contribution < 1.29 is 5.11 Å². The van der Waals surface area contributed by atoms with Crippen LogP contribution in [0, 0.1) is 6.92 Å². The topological polar surface area (TPSA) is 23.5 Å². The fourth-order valence-corrected chi connectivity index (χ4v) is 2.90. The molecule has 88 valence electrons. The van der Waals surface area contributed by atoms with Gasteiger partial charge in [0, 0.05) is 16.7 Å². The Hall–Kier alpha value is -0.540. The van der Waals surface area contributed by atoms with E-state index in [1.54, 1.807) is 0 Å². The van der Waals surface area contributed by atoms with E-state index < -0.39 is 0 Å². The van der Waals surface area contributed by atoms with Gasteiger partial charge in [0.1, 0.15) is 0 Å². The molecule has 0 bridgehead atoms. The molecule has 1 fully saturated rings. The van der Waals surface area contributed by atoms with E-state index in [1.807, 2.05) is 0 Å². The highest BCUT2D eigenvalue weighted by Gasteiger charge is 2.40. The van der Waals surface area contributed by atoms with Crippen molar-refractivity contribution in [3.63, 3.8) is 0 Å². The van der Waals surface area contributed by atoms with Crippen molar-refractivity contribution in [2.75, 3.05) is 11.4 Å². The second kappa shape index (κ2) is 4.04. The van der Waals surface area contributed by atoms with Crippen molar-refractivity contribution >= 4 is 21.6 Å². The van der Waals surface area contributed by atoms with E-state index in [1.165, 1.54) is 11.3 Å². The molecule has 0 aromatic heterocycles. The van der Waals surface area contributed by atoms with Crippen LogP contribution in [0.15, 0.2) is 22.7 Å². The number of aryl methyl sites for hydroxylation is 1. The van der Waals surface area contributed by atoms with Crippen LogP contribution in [-0.2, 0) is 0 Å². The summed E-state index contributed by atoms with van der Waals surface area (Å²) >= 11 is 3.48. The van der Waals surface area contributed by atoms with Crippen molar-refractivity contribution in [1.82, 2.24) is 0 Å². The van der Waals surface area contributed by atoms with Crippen LogP contribution in [0.25, 0.3) is 0 Å². The molecule has 1 saturated heterocycles. The summed E-state index contributed by atoms with van der Waals surface area (Å²) in [6, 6.07) is 6.30. The van der Waals surface area contributed by atoms with Crippen molar-refractivity contribution in [3.8, 4) is 0 Å². The summed E-state index contributed by atoms with van der Waals surface area (Å²) in [4.78, 5) is 2.30. The molecule has 2 nitrogen and oxygen atoms in total. The fourth-order valence-electron chi connectivity index (χ4n) is 2.43. The molecule has 1 unspecified atom stereocenters. The van der Waals surface area contributed by atoms with Gasteiger partial charge in [-0.2, -0.15) is 0 Å². The van der Waals surface area contributed by atoms with Gasteiger partial charge < -0.3 is 10.0 Å². The summed E-state index contributed by atoms with van der Waals surface area (Å²) in [6.45, 7) is 7.25. The van der Waals surface area contributed by atoms with Crippen LogP contribution in [0.3, 0.4) is 0 Å². The maximum Gasteiger partial charge on any atom is 0.0783 e. The van der Waals surface area contributed by atoms with Crippen LogP contribution >= 0.6 is 15.9 Å². The van der Waals surface area contributed by atoms with Gasteiger partial charge in [0.15, 0.2) is 0 Å². The molecule has 0 aliphatic carbocycles. The van der Waals surface area contributed by atoms with E-state index >= 15 is 0 Å². The zero-order chi connectivity index (χ0) is 11.9. The first-order valence-electron chi connectivity index (χ1n) is 5.65. The first kappa shape index (κ1) is 11.9. The first-order chi connectivity index (χ1) is 7.43. The van der Waals surface area contributed by atoms with Crippen LogP contribution in [0.4, 0.5) is 5.69 Å². The number of halogens is 1. The van der Waals surface area contributed by atoms with Crippen molar-refractivity contribution in [3.05, 3.63) is 28.2 Å². The first-order valence-corrected chi connectivity index (χ1v) is 6.44. The van der Waals surface area contributed by atoms with Crippen molar-refractivity contribution in [1.29, 1.82) is 0 Å². The molecule has 0 saturated carbocycles. The summed E-state index contributed by atoms with van der Waals surface area (Å²) < 4.78 is 1.10. The lowest BCUT2D eigenvalue weighted by atomic mass is 9.97. The molecule has 1 aliphatic heterocycles. The lowest BCUT2D eigenvalue weighted by molar-refractivity contribution is 0.127. The summed E-state index contributed by atoms with van der Waals surface area (Å²) in [5, 5.41) is 9.98. The fraction of sp³-hybridized carbons (Fsp3) is 0.538. The second-order valence-electron chi connectivity index (χ2n) is 5.04. The Morgan fingerprint density at radius 2 is 2.12 bits per heavy atom. The van der Waals surface area contributed by atoms with Crippen molar-refractivity contribution in [2.24, 2.45) is 0 Å². The highest BCUT2D eigenvalue weighted by molar-refractivity contribution is 9.10. The Balaban J connectivity index is 2.38. The molecular weight excluding hydrogens is 266 g/mol. The molecule has 1 N–H and O–H groups in total. The van der Waals surface area contributed by atoms with Crippen LogP contribution in [0.1, 0.15) is 25.8 Å². The maximum absolute atomic E-state index is 9.98. The lowest BCUT2D eigenvalue weighted by Gasteiger charge is -2.36. The third-order valence-corrected chi connectivity index (χ3v) is 4.08. The smallest absolute Gasteiger partial charge is 0.0783 e. The second-order valence-corrected chi connectivity index (χ2v) is 5.96. The van der Waals surface area contributed by atoms with Gasteiger partial charge in [-0.15, -0.1) is 0 Å². The van der Waals surface area contributed by atoms with Gasteiger partial charge in [0.2, 0.25) is 0 Å². The number of aliphatic hydroxyl groups is 1. The van der Waals surface area contributed by atoms with Gasteiger partial charge in [0.25, 0.3) is 0 Å². The quantitative estimate of drug-likeness (QED) is 0.856. The zero-order valence-corrected chi connectivity index (χ0v) is 11.6. The number of rotatable bonds is 1. The third kappa shape index (κ3) is 1.87. The molecule has 3 heteroatoms. The molecular formula is C13H18BrNO. The Morgan fingerprint density at radius 1 is 1.44 bits per heavy atom. The van der Waals surface area contributed by atoms with Gasteiger partial charge in [-0.1, -0.05) is 15.9 Å². The van der Waals surface area contributed by atoms with Crippen LogP contribution in [0.2, 0.25) is 0 Å². The average Bonchev–Trinajstić information content (AvgIpc) is 2.44. The maximum atomic E-state index is 9.98. The number of benzene rings is 1. The molecule has 2 rings (SSSR count). The van der Waals surface area contributed by atoms with Gasteiger partial charge >= 0.3 is 0 Å². The minimum absolute atomic E-state index is 0.168. The Kier molecular flexibility index (Phi) is 3.01. The van der Waals surface area contributed by atoms with E-state index in [4.69, 9.17) is 0 Å². The molecule has 0 radical (unpaired) electrons. The highest BCUT2D eigenvalue weighted by Crippen LogP contribution is 2.36. The van der Waals surface area contributed by atoms with Gasteiger partial charge in [-0.25, -0.2) is 0 Å². The Morgan fingerprint density at radius 3 is 2.62 bits per heavy atom. The lowest BCUT2D eigenvalue weighted by Crippen LogP contribution is -2.45. The average molecular weight is 284 g/mol. The van der Waals surface area contributed by atoms with Crippen LogP contribution < -0.4 is 4.90 Å². The number of hydrogen-bond donors (Lipinski definition) is 1. The normalized spacial score (nSPS) is 23.8. The number of aliphatic hydroxyl groups excluding tert-OH is 1. The predicted molar refractivity (Wildman–Crippen MR) is 70.9 cm³/mol. The Labute approximate surface area is 105 Å². The largest absolute Gasteiger partial charge is 0.391 e. The molecule has 1 aliphatic rings. The molecule has 1 atom stereocenters. The molecule has 1 aromatic rings. The molecule has 0 spiro atoms. The predicted octanol–water partition coefficient (Wildman–Crippen LogP) is 3.11. The minimum Gasteiger partial charge on any atom is -0.391 e. The van der Waals surface area contributed by atoms with E-state index in [-0.39, 0.29) is 11.6 Å². The summed E-state index contributed by atoms with van der Waals surface area (Å²) in [7, 11) is 0. The number of hydrogen-bond acceptors (Lipinski definition) is 2. The van der Waals surface area contributed by atoms with Crippen LogP contribution in [0.5, 0.6) is 0 Å². The van der Waals surface area contributed by atoms with Gasteiger partial charge in [-0.05, 0) is 51.0 Å². The summed E-state index contributed by atoms with van der Waals surface area (Å²) in [5.41, 5.74) is 2.31. The van der Waals surface area contributed by atoms with Gasteiger partial charge in [0.05, 0.1) is 11.6 Å². The van der Waals surface area contributed by atoms with E-state index in [9.17, 15) is 5.11 Å². The molecule has 1 aromatic carbocycles. The van der Waals surface area contributed by atoms with Crippen LogP contribution in [-0.4, -0.2) is 23.3 Å². The summed E-state index contributed by atoms with van der Waals surface area (Å²) in [6.07, 6.45) is 0.609.